The molecule has 0 aliphatic rings. The normalized spacial score (nSPS) is 10.4. The number of hydrogen-bond donors (Lipinski definition) is 1. The van der Waals surface area contributed by atoms with E-state index < -0.39 is 4.92 Å². The Morgan fingerprint density at radius 1 is 1.39 bits per heavy atom. The molecule has 0 aromatic heterocycles. The Bertz CT molecular complexity index is 454. The van der Waals surface area contributed by atoms with Crippen LogP contribution >= 0.6 is 0 Å². The minimum atomic E-state index is -0.429. The number of nitrogens with zero attached hydrogens (tertiary/aromatic N) is 1. The van der Waals surface area contributed by atoms with Crippen molar-refractivity contribution in [1.82, 2.24) is 0 Å². The summed E-state index contributed by atoms with van der Waals surface area (Å²) in [6.45, 7) is 5.59. The standard InChI is InChI=1S/C13H18N2O3/c1-4-10(5-2)13(16)14-11-6-7-12(15(17)18)9(3)8-11/h6-8,10H,4-5H2,1-3H3,(H,14,16). The molecule has 1 rings (SSSR count). The molecule has 0 aliphatic carbocycles. The maximum absolute atomic E-state index is 11.9. The molecule has 5 heteroatoms. The molecule has 1 N–H and O–H groups in total. The lowest BCUT2D eigenvalue weighted by Crippen LogP contribution is -2.21. The highest BCUT2D eigenvalue weighted by Gasteiger charge is 2.15. The van der Waals surface area contributed by atoms with E-state index in [9.17, 15) is 14.9 Å². The Hall–Kier alpha value is -1.91. The molecular formula is C13H18N2O3. The van der Waals surface area contributed by atoms with Gasteiger partial charge in [0.1, 0.15) is 0 Å². The molecule has 5 nitrogen and oxygen atoms in total. The second-order valence-electron chi connectivity index (χ2n) is 4.26. The third-order valence-corrected chi connectivity index (χ3v) is 3.02. The topological polar surface area (TPSA) is 72.2 Å². The van der Waals surface area contributed by atoms with Crippen molar-refractivity contribution in [3.63, 3.8) is 0 Å². The van der Waals surface area contributed by atoms with Crippen molar-refractivity contribution in [1.29, 1.82) is 0 Å². The van der Waals surface area contributed by atoms with E-state index in [1.54, 1.807) is 19.1 Å². The highest BCUT2D eigenvalue weighted by atomic mass is 16.6. The predicted molar refractivity (Wildman–Crippen MR) is 70.5 cm³/mol. The molecule has 0 saturated carbocycles. The number of nitrogens with one attached hydrogen (secondary N) is 1. The third-order valence-electron chi connectivity index (χ3n) is 3.02. The Labute approximate surface area is 106 Å². The Balaban J connectivity index is 2.83. The van der Waals surface area contributed by atoms with Gasteiger partial charge >= 0.3 is 0 Å². The van der Waals surface area contributed by atoms with E-state index in [2.05, 4.69) is 5.32 Å². The zero-order valence-electron chi connectivity index (χ0n) is 10.9. The van der Waals surface area contributed by atoms with Crippen LogP contribution in [0, 0.1) is 23.0 Å². The van der Waals surface area contributed by atoms with Crippen LogP contribution in [0.15, 0.2) is 18.2 Å². The number of nitro groups is 1. The maximum Gasteiger partial charge on any atom is 0.272 e. The van der Waals surface area contributed by atoms with Crippen LogP contribution in [0.25, 0.3) is 0 Å². The molecule has 0 radical (unpaired) electrons. The summed E-state index contributed by atoms with van der Waals surface area (Å²) in [5.74, 6) is -0.0475. The van der Waals surface area contributed by atoms with E-state index in [0.717, 1.165) is 12.8 Å². The number of carbonyl (C=O) groups excluding carboxylic acids is 1. The largest absolute Gasteiger partial charge is 0.326 e. The summed E-state index contributed by atoms with van der Waals surface area (Å²) in [6, 6.07) is 4.60. The number of aryl methyl sites for hydroxylation is 1. The highest BCUT2D eigenvalue weighted by Crippen LogP contribution is 2.22. The van der Waals surface area contributed by atoms with Crippen LogP contribution in [0.4, 0.5) is 11.4 Å². The smallest absolute Gasteiger partial charge is 0.272 e. The van der Waals surface area contributed by atoms with Crippen molar-refractivity contribution >= 4 is 17.3 Å². The average molecular weight is 250 g/mol. The summed E-state index contributed by atoms with van der Waals surface area (Å²) in [5.41, 5.74) is 1.22. The molecule has 0 bridgehead atoms. The molecule has 0 atom stereocenters. The van der Waals surface area contributed by atoms with Crippen LogP contribution < -0.4 is 5.32 Å². The van der Waals surface area contributed by atoms with Crippen LogP contribution in [0.3, 0.4) is 0 Å². The van der Waals surface area contributed by atoms with Gasteiger partial charge in [-0.15, -0.1) is 0 Å². The molecule has 0 aliphatic heterocycles. The molecule has 98 valence electrons. The molecule has 18 heavy (non-hydrogen) atoms. The molecule has 1 aromatic rings. The molecule has 0 unspecified atom stereocenters. The van der Waals surface area contributed by atoms with Gasteiger partial charge in [0.15, 0.2) is 0 Å². The van der Waals surface area contributed by atoms with Gasteiger partial charge in [-0.2, -0.15) is 0 Å². The van der Waals surface area contributed by atoms with E-state index in [4.69, 9.17) is 0 Å². The van der Waals surface area contributed by atoms with Gasteiger partial charge in [-0.3, -0.25) is 14.9 Å². The van der Waals surface area contributed by atoms with Gasteiger partial charge in [0.2, 0.25) is 5.91 Å². The van der Waals surface area contributed by atoms with Crippen molar-refractivity contribution in [2.75, 3.05) is 5.32 Å². The Morgan fingerprint density at radius 3 is 2.44 bits per heavy atom. The van der Waals surface area contributed by atoms with E-state index in [1.165, 1.54) is 6.07 Å². The number of rotatable bonds is 5. The number of amides is 1. The second-order valence-corrected chi connectivity index (χ2v) is 4.26. The quantitative estimate of drug-likeness (QED) is 0.643. The van der Waals surface area contributed by atoms with Crippen molar-refractivity contribution in [2.45, 2.75) is 33.6 Å². The minimum absolute atomic E-state index is 0.0134. The zero-order valence-corrected chi connectivity index (χ0v) is 10.9. The van der Waals surface area contributed by atoms with E-state index in [0.29, 0.717) is 11.3 Å². The Kier molecular flexibility index (Phi) is 4.83. The monoisotopic (exact) mass is 250 g/mol. The molecular weight excluding hydrogens is 232 g/mol. The second kappa shape index (κ2) is 6.14. The maximum atomic E-state index is 11.9. The van der Waals surface area contributed by atoms with Crippen molar-refractivity contribution in [3.8, 4) is 0 Å². The zero-order chi connectivity index (χ0) is 13.7. The third kappa shape index (κ3) is 3.29. The lowest BCUT2D eigenvalue weighted by atomic mass is 10.0. The van der Waals surface area contributed by atoms with Crippen molar-refractivity contribution in [3.05, 3.63) is 33.9 Å². The Morgan fingerprint density at radius 2 is 2.00 bits per heavy atom. The number of anilines is 1. The van der Waals surface area contributed by atoms with E-state index in [1.807, 2.05) is 13.8 Å². The van der Waals surface area contributed by atoms with Crippen molar-refractivity contribution in [2.24, 2.45) is 5.92 Å². The number of hydrogen-bond acceptors (Lipinski definition) is 3. The van der Waals surface area contributed by atoms with E-state index in [-0.39, 0.29) is 17.5 Å². The summed E-state index contributed by atoms with van der Waals surface area (Å²) in [6.07, 6.45) is 1.57. The van der Waals surface area contributed by atoms with E-state index >= 15 is 0 Å². The molecule has 1 aromatic carbocycles. The van der Waals surface area contributed by atoms with Gasteiger partial charge < -0.3 is 5.32 Å². The van der Waals surface area contributed by atoms with Crippen LogP contribution in [0.5, 0.6) is 0 Å². The van der Waals surface area contributed by atoms with Gasteiger partial charge in [0, 0.05) is 23.2 Å². The lowest BCUT2D eigenvalue weighted by Gasteiger charge is -2.13. The first-order valence-corrected chi connectivity index (χ1v) is 6.05. The van der Waals surface area contributed by atoms with Gasteiger partial charge in [-0.25, -0.2) is 0 Å². The predicted octanol–water partition coefficient (Wildman–Crippen LogP) is 3.28. The van der Waals surface area contributed by atoms with Crippen LogP contribution in [0.2, 0.25) is 0 Å². The molecule has 1 amide bonds. The van der Waals surface area contributed by atoms with Crippen LogP contribution in [0.1, 0.15) is 32.3 Å². The van der Waals surface area contributed by atoms with Crippen molar-refractivity contribution < 1.29 is 9.72 Å². The van der Waals surface area contributed by atoms with Crippen LogP contribution in [-0.2, 0) is 4.79 Å². The lowest BCUT2D eigenvalue weighted by molar-refractivity contribution is -0.385. The summed E-state index contributed by atoms with van der Waals surface area (Å²) in [5, 5.41) is 13.5. The summed E-state index contributed by atoms with van der Waals surface area (Å²) < 4.78 is 0. The first-order valence-electron chi connectivity index (χ1n) is 6.05. The number of benzene rings is 1. The van der Waals surface area contributed by atoms with Gasteiger partial charge in [0.05, 0.1) is 4.92 Å². The molecule has 0 heterocycles. The fourth-order valence-electron chi connectivity index (χ4n) is 1.84. The highest BCUT2D eigenvalue weighted by molar-refractivity contribution is 5.92. The molecule has 0 spiro atoms. The minimum Gasteiger partial charge on any atom is -0.326 e. The first-order chi connectivity index (χ1) is 8.49. The van der Waals surface area contributed by atoms with Gasteiger partial charge in [0.25, 0.3) is 5.69 Å². The molecule has 0 fully saturated rings. The first kappa shape index (κ1) is 14.2. The van der Waals surface area contributed by atoms with Gasteiger partial charge in [-0.1, -0.05) is 13.8 Å². The summed E-state index contributed by atoms with van der Waals surface area (Å²) in [4.78, 5) is 22.1. The summed E-state index contributed by atoms with van der Waals surface area (Å²) >= 11 is 0. The average Bonchev–Trinajstić information content (AvgIpc) is 2.30. The summed E-state index contributed by atoms with van der Waals surface area (Å²) in [7, 11) is 0. The molecule has 0 saturated heterocycles. The number of carbonyl (C=O) groups is 1. The SMILES string of the molecule is CCC(CC)C(=O)Nc1ccc([N+](=O)[O-])c(C)c1. The fraction of sp³-hybridized carbons (Fsp3) is 0.462. The fourth-order valence-corrected chi connectivity index (χ4v) is 1.84. The van der Waals surface area contributed by atoms with Crippen LogP contribution in [-0.4, -0.2) is 10.8 Å². The van der Waals surface area contributed by atoms with Gasteiger partial charge in [-0.05, 0) is 31.9 Å². The number of nitro benzene ring substituents is 1.